The Balaban J connectivity index is 2.27. The molecule has 2 heterocycles. The fraction of sp³-hybridized carbons (Fsp3) is 0.500. The number of esters is 1. The van der Waals surface area contributed by atoms with Crippen LogP contribution in [0, 0.1) is 12.8 Å². The lowest BCUT2D eigenvalue weighted by Crippen LogP contribution is -2.26. The normalized spacial score (nSPS) is 19.1. The van der Waals surface area contributed by atoms with Gasteiger partial charge in [-0.15, -0.1) is 11.3 Å². The molecule has 1 aliphatic rings. The number of aryl methyl sites for hydroxylation is 1. The SMILES string of the molecule is COC(=O)c1cc(C)sc1N1CC(CS(=O)(=O)Cl)CC1=O. The molecule has 9 heteroatoms. The molecule has 1 atom stereocenters. The third-order valence-electron chi connectivity index (χ3n) is 3.13. The maximum Gasteiger partial charge on any atom is 0.340 e. The largest absolute Gasteiger partial charge is 0.465 e. The van der Waals surface area contributed by atoms with Crippen molar-refractivity contribution in [1.82, 2.24) is 0 Å². The van der Waals surface area contributed by atoms with Crippen molar-refractivity contribution in [2.24, 2.45) is 5.92 Å². The van der Waals surface area contributed by atoms with Crippen LogP contribution in [0.3, 0.4) is 0 Å². The summed E-state index contributed by atoms with van der Waals surface area (Å²) in [6.45, 7) is 2.05. The first-order chi connectivity index (χ1) is 9.71. The zero-order valence-electron chi connectivity index (χ0n) is 11.5. The monoisotopic (exact) mass is 351 g/mol. The molecular weight excluding hydrogens is 338 g/mol. The number of rotatable bonds is 4. The first-order valence-corrected chi connectivity index (χ1v) is 9.42. The summed E-state index contributed by atoms with van der Waals surface area (Å²) in [5.41, 5.74) is 0.322. The van der Waals surface area contributed by atoms with E-state index in [0.29, 0.717) is 10.6 Å². The number of halogens is 1. The highest BCUT2D eigenvalue weighted by Crippen LogP contribution is 2.36. The van der Waals surface area contributed by atoms with E-state index in [2.05, 4.69) is 0 Å². The molecule has 0 bridgehead atoms. The van der Waals surface area contributed by atoms with Gasteiger partial charge in [0.15, 0.2) is 0 Å². The Bertz CT molecular complexity index is 682. The van der Waals surface area contributed by atoms with Gasteiger partial charge in [0.1, 0.15) is 5.00 Å². The molecular formula is C12H14ClNO5S2. The highest BCUT2D eigenvalue weighted by Gasteiger charge is 2.36. The van der Waals surface area contributed by atoms with Crippen molar-refractivity contribution < 1.29 is 22.7 Å². The van der Waals surface area contributed by atoms with Gasteiger partial charge in [-0.2, -0.15) is 0 Å². The summed E-state index contributed by atoms with van der Waals surface area (Å²) >= 11 is 1.30. The minimum atomic E-state index is -3.66. The van der Waals surface area contributed by atoms with Crippen molar-refractivity contribution in [3.8, 4) is 0 Å². The molecule has 0 spiro atoms. The van der Waals surface area contributed by atoms with E-state index in [0.717, 1.165) is 4.88 Å². The first-order valence-electron chi connectivity index (χ1n) is 6.12. The van der Waals surface area contributed by atoms with Crippen molar-refractivity contribution >= 4 is 47.9 Å². The lowest BCUT2D eigenvalue weighted by molar-refractivity contribution is -0.117. The predicted molar refractivity (Wildman–Crippen MR) is 80.5 cm³/mol. The Morgan fingerprint density at radius 2 is 2.24 bits per heavy atom. The van der Waals surface area contributed by atoms with Crippen molar-refractivity contribution in [3.63, 3.8) is 0 Å². The van der Waals surface area contributed by atoms with E-state index in [1.54, 1.807) is 6.07 Å². The molecule has 1 unspecified atom stereocenters. The number of carbonyl (C=O) groups is 2. The van der Waals surface area contributed by atoms with Crippen LogP contribution >= 0.6 is 22.0 Å². The van der Waals surface area contributed by atoms with Gasteiger partial charge in [-0.3, -0.25) is 4.79 Å². The van der Waals surface area contributed by atoms with Crippen LogP contribution in [-0.4, -0.2) is 39.7 Å². The maximum absolute atomic E-state index is 12.1. The Kier molecular flexibility index (Phi) is 4.60. The molecule has 0 aromatic carbocycles. The quantitative estimate of drug-likeness (QED) is 0.610. The highest BCUT2D eigenvalue weighted by atomic mass is 35.7. The van der Waals surface area contributed by atoms with Gasteiger partial charge in [0, 0.05) is 34.4 Å². The summed E-state index contributed by atoms with van der Waals surface area (Å²) in [7, 11) is 2.85. The third kappa shape index (κ3) is 3.75. The summed E-state index contributed by atoms with van der Waals surface area (Å²) in [6, 6.07) is 1.66. The van der Waals surface area contributed by atoms with Crippen LogP contribution in [0.25, 0.3) is 0 Å². The van der Waals surface area contributed by atoms with Gasteiger partial charge in [-0.05, 0) is 13.0 Å². The Labute approximate surface area is 131 Å². The molecule has 2 rings (SSSR count). The van der Waals surface area contributed by atoms with Gasteiger partial charge >= 0.3 is 5.97 Å². The second kappa shape index (κ2) is 5.94. The number of carbonyl (C=O) groups excluding carboxylic acids is 2. The van der Waals surface area contributed by atoms with Gasteiger partial charge in [0.25, 0.3) is 0 Å². The Morgan fingerprint density at radius 3 is 2.81 bits per heavy atom. The van der Waals surface area contributed by atoms with Gasteiger partial charge in [-0.25, -0.2) is 13.2 Å². The van der Waals surface area contributed by atoms with Crippen LogP contribution in [-0.2, 0) is 18.6 Å². The number of ether oxygens (including phenoxy) is 1. The van der Waals surface area contributed by atoms with Crippen LogP contribution in [0.5, 0.6) is 0 Å². The molecule has 1 saturated heterocycles. The zero-order valence-corrected chi connectivity index (χ0v) is 13.8. The second-order valence-electron chi connectivity index (χ2n) is 4.85. The van der Waals surface area contributed by atoms with Crippen LogP contribution in [0.1, 0.15) is 21.7 Å². The predicted octanol–water partition coefficient (Wildman–Crippen LogP) is 1.76. The number of nitrogens with zero attached hydrogens (tertiary/aromatic N) is 1. The van der Waals surface area contributed by atoms with E-state index in [4.69, 9.17) is 15.4 Å². The number of methoxy groups -OCH3 is 1. The molecule has 0 aliphatic carbocycles. The fourth-order valence-corrected chi connectivity index (χ4v) is 4.67. The van der Waals surface area contributed by atoms with Gasteiger partial charge < -0.3 is 9.64 Å². The number of thiophene rings is 1. The van der Waals surface area contributed by atoms with Crippen LogP contribution in [0.2, 0.25) is 0 Å². The van der Waals surface area contributed by atoms with Gasteiger partial charge in [-0.1, -0.05) is 0 Å². The molecule has 1 aromatic rings. The summed E-state index contributed by atoms with van der Waals surface area (Å²) in [4.78, 5) is 26.1. The minimum absolute atomic E-state index is 0.101. The van der Waals surface area contributed by atoms with E-state index < -0.39 is 15.0 Å². The second-order valence-corrected chi connectivity index (χ2v) is 8.90. The zero-order chi connectivity index (χ0) is 15.8. The maximum atomic E-state index is 12.1. The summed E-state index contributed by atoms with van der Waals surface area (Å²) in [5.74, 6) is -1.36. The molecule has 21 heavy (non-hydrogen) atoms. The average Bonchev–Trinajstić information content (AvgIpc) is 2.89. The molecule has 1 aromatic heterocycles. The van der Waals surface area contributed by atoms with E-state index in [1.807, 2.05) is 6.92 Å². The minimum Gasteiger partial charge on any atom is -0.465 e. The number of amides is 1. The summed E-state index contributed by atoms with van der Waals surface area (Å²) in [5, 5.41) is 0.499. The standard InChI is InChI=1S/C12H14ClNO5S2/c1-7-3-9(12(16)19-2)11(20-7)14-5-8(4-10(14)15)6-21(13,17)18/h3,8H,4-6H2,1-2H3. The van der Waals surface area contributed by atoms with E-state index in [9.17, 15) is 18.0 Å². The molecule has 1 amide bonds. The fourth-order valence-electron chi connectivity index (χ4n) is 2.33. The lowest BCUT2D eigenvalue weighted by Gasteiger charge is -2.15. The molecule has 0 radical (unpaired) electrons. The Hall–Kier alpha value is -1.12. The van der Waals surface area contributed by atoms with Crippen molar-refractivity contribution in [1.29, 1.82) is 0 Å². The van der Waals surface area contributed by atoms with Crippen LogP contribution < -0.4 is 4.90 Å². The number of hydrogen-bond acceptors (Lipinski definition) is 6. The lowest BCUT2D eigenvalue weighted by atomic mass is 10.1. The third-order valence-corrected chi connectivity index (χ3v) is 5.45. The highest BCUT2D eigenvalue weighted by molar-refractivity contribution is 8.13. The van der Waals surface area contributed by atoms with E-state index in [1.165, 1.54) is 23.3 Å². The van der Waals surface area contributed by atoms with Gasteiger partial charge in [0.2, 0.25) is 15.0 Å². The molecule has 1 aliphatic heterocycles. The first kappa shape index (κ1) is 16.3. The Morgan fingerprint density at radius 1 is 1.57 bits per heavy atom. The molecule has 1 fully saturated rings. The van der Waals surface area contributed by atoms with Crippen molar-refractivity contribution in [2.75, 3.05) is 24.3 Å². The number of hydrogen-bond donors (Lipinski definition) is 0. The van der Waals surface area contributed by atoms with Gasteiger partial charge in [0.05, 0.1) is 18.4 Å². The smallest absolute Gasteiger partial charge is 0.340 e. The molecule has 6 nitrogen and oxygen atoms in total. The molecule has 0 N–H and O–H groups in total. The average molecular weight is 352 g/mol. The summed E-state index contributed by atoms with van der Waals surface area (Å²) in [6.07, 6.45) is 0.101. The summed E-state index contributed by atoms with van der Waals surface area (Å²) < 4.78 is 27.0. The van der Waals surface area contributed by atoms with Crippen LogP contribution in [0.15, 0.2) is 6.07 Å². The number of anilines is 1. The van der Waals surface area contributed by atoms with Crippen LogP contribution in [0.4, 0.5) is 5.00 Å². The molecule has 0 saturated carbocycles. The van der Waals surface area contributed by atoms with Crippen molar-refractivity contribution in [3.05, 3.63) is 16.5 Å². The van der Waals surface area contributed by atoms with E-state index in [-0.39, 0.29) is 30.5 Å². The van der Waals surface area contributed by atoms with E-state index >= 15 is 0 Å². The van der Waals surface area contributed by atoms with Crippen molar-refractivity contribution in [2.45, 2.75) is 13.3 Å². The molecule has 116 valence electrons. The topological polar surface area (TPSA) is 80.8 Å².